The van der Waals surface area contributed by atoms with Crippen LogP contribution < -0.4 is 14.8 Å². The molecule has 30 heavy (non-hydrogen) atoms. The first-order valence-electron chi connectivity index (χ1n) is 9.75. The fraction of sp³-hybridized carbons (Fsp3) is 0.364. The topological polar surface area (TPSA) is 50.8 Å². The number of hydrogen-bond acceptors (Lipinski definition) is 4. The molecule has 1 aliphatic heterocycles. The molecule has 0 aromatic heterocycles. The summed E-state index contributed by atoms with van der Waals surface area (Å²) in [6.45, 7) is 3.62. The Balaban J connectivity index is 1.70. The van der Waals surface area contributed by atoms with Crippen molar-refractivity contribution in [3.63, 3.8) is 0 Å². The fourth-order valence-electron chi connectivity index (χ4n) is 3.33. The van der Waals surface area contributed by atoms with Gasteiger partial charge in [0.2, 0.25) is 0 Å². The summed E-state index contributed by atoms with van der Waals surface area (Å²) < 4.78 is 12.0. The van der Waals surface area contributed by atoms with Crippen molar-refractivity contribution in [2.45, 2.75) is 26.2 Å². The lowest BCUT2D eigenvalue weighted by molar-refractivity contribution is -0.118. The Bertz CT molecular complexity index is 948. The maximum absolute atomic E-state index is 12.4. The molecule has 160 valence electrons. The highest BCUT2D eigenvalue weighted by Gasteiger charge is 2.19. The van der Waals surface area contributed by atoms with Crippen molar-refractivity contribution in [1.82, 2.24) is 4.90 Å². The van der Waals surface area contributed by atoms with Crippen LogP contribution in [-0.4, -0.2) is 42.6 Å². The average Bonchev–Trinajstić information content (AvgIpc) is 2.75. The van der Waals surface area contributed by atoms with Gasteiger partial charge in [-0.3, -0.25) is 4.79 Å². The first-order chi connectivity index (χ1) is 14.4. The molecule has 1 saturated heterocycles. The molecular formula is C22H24BrClN2O3S. The molecule has 2 aromatic rings. The van der Waals surface area contributed by atoms with E-state index < -0.39 is 0 Å². The number of hydrogen-bond donors (Lipinski definition) is 1. The molecule has 1 amide bonds. The number of ether oxygens (including phenoxy) is 2. The first-order valence-corrected chi connectivity index (χ1v) is 11.3. The zero-order chi connectivity index (χ0) is 21.7. The zero-order valence-corrected chi connectivity index (χ0v) is 20.1. The molecule has 2 aromatic carbocycles. The number of likely N-dealkylation sites (tertiary alicyclic amines) is 1. The molecule has 1 heterocycles. The molecule has 0 bridgehead atoms. The van der Waals surface area contributed by atoms with E-state index in [9.17, 15) is 4.79 Å². The smallest absolute Gasteiger partial charge is 0.262 e. The molecule has 0 aliphatic carbocycles. The summed E-state index contributed by atoms with van der Waals surface area (Å²) in [7, 11) is 1.57. The van der Waals surface area contributed by atoms with Crippen LogP contribution in [-0.2, 0) is 4.79 Å². The number of carbonyl (C=O) groups is 1. The molecule has 0 atom stereocenters. The lowest BCUT2D eigenvalue weighted by Gasteiger charge is -2.29. The largest absolute Gasteiger partial charge is 0.493 e. The Morgan fingerprint density at radius 3 is 2.70 bits per heavy atom. The van der Waals surface area contributed by atoms with Crippen LogP contribution in [0.3, 0.4) is 0 Å². The van der Waals surface area contributed by atoms with Gasteiger partial charge in [-0.05, 0) is 71.9 Å². The Morgan fingerprint density at radius 1 is 1.27 bits per heavy atom. The van der Waals surface area contributed by atoms with Gasteiger partial charge in [0.15, 0.2) is 18.1 Å². The van der Waals surface area contributed by atoms with Crippen molar-refractivity contribution in [3.05, 3.63) is 51.0 Å². The number of nitrogens with zero attached hydrogens (tertiary/aromatic N) is 1. The SMILES string of the molecule is COc1cc(C(=S)N2CCCCC2)cc(Br)c1OCC(=O)Nc1cccc(Cl)c1C. The van der Waals surface area contributed by atoms with Crippen molar-refractivity contribution in [1.29, 1.82) is 0 Å². The molecule has 3 rings (SSSR count). The summed E-state index contributed by atoms with van der Waals surface area (Å²) in [6, 6.07) is 9.13. The van der Waals surface area contributed by atoms with Gasteiger partial charge in [0.05, 0.1) is 11.6 Å². The Hall–Kier alpha value is -1.83. The number of carbonyl (C=O) groups excluding carboxylic acids is 1. The van der Waals surface area contributed by atoms with Crippen LogP contribution >= 0.6 is 39.7 Å². The third-order valence-corrected chi connectivity index (χ3v) is 6.50. The summed E-state index contributed by atoms with van der Waals surface area (Å²) in [5.41, 5.74) is 2.35. The predicted molar refractivity (Wildman–Crippen MR) is 128 cm³/mol. The second-order valence-electron chi connectivity index (χ2n) is 7.09. The summed E-state index contributed by atoms with van der Waals surface area (Å²) in [6.07, 6.45) is 3.55. The Kier molecular flexibility index (Phi) is 7.97. The molecule has 1 fully saturated rings. The molecule has 5 nitrogen and oxygen atoms in total. The van der Waals surface area contributed by atoms with Gasteiger partial charge < -0.3 is 19.7 Å². The lowest BCUT2D eigenvalue weighted by atomic mass is 10.1. The summed E-state index contributed by atoms with van der Waals surface area (Å²) in [5, 5.41) is 3.41. The van der Waals surface area contributed by atoms with E-state index in [0.717, 1.165) is 42.0 Å². The van der Waals surface area contributed by atoms with Crippen LogP contribution in [0.15, 0.2) is 34.8 Å². The van der Waals surface area contributed by atoms with Crippen LogP contribution in [0.1, 0.15) is 30.4 Å². The molecular weight excluding hydrogens is 488 g/mol. The number of piperidine rings is 1. The van der Waals surface area contributed by atoms with Crippen molar-refractivity contribution < 1.29 is 14.3 Å². The number of amides is 1. The number of rotatable bonds is 6. The van der Waals surface area contributed by atoms with Gasteiger partial charge in [0.1, 0.15) is 4.99 Å². The second-order valence-corrected chi connectivity index (χ2v) is 8.74. The molecule has 0 spiro atoms. The van der Waals surface area contributed by atoms with Crippen LogP contribution in [0, 0.1) is 6.92 Å². The van der Waals surface area contributed by atoms with Crippen molar-refractivity contribution in [3.8, 4) is 11.5 Å². The molecule has 1 N–H and O–H groups in total. The van der Waals surface area contributed by atoms with Gasteiger partial charge in [-0.25, -0.2) is 0 Å². The maximum atomic E-state index is 12.4. The van der Waals surface area contributed by atoms with Gasteiger partial charge in [0.25, 0.3) is 5.91 Å². The number of benzene rings is 2. The quantitative estimate of drug-likeness (QED) is 0.512. The highest BCUT2D eigenvalue weighted by molar-refractivity contribution is 9.10. The minimum atomic E-state index is -0.290. The number of methoxy groups -OCH3 is 1. The van der Waals surface area contributed by atoms with E-state index in [0.29, 0.717) is 26.7 Å². The first kappa shape index (κ1) is 22.8. The van der Waals surface area contributed by atoms with E-state index in [2.05, 4.69) is 26.1 Å². The van der Waals surface area contributed by atoms with Gasteiger partial charge in [-0.15, -0.1) is 0 Å². The second kappa shape index (κ2) is 10.5. The predicted octanol–water partition coefficient (Wildman–Crippen LogP) is 5.60. The summed E-state index contributed by atoms with van der Waals surface area (Å²) in [4.78, 5) is 15.4. The summed E-state index contributed by atoms with van der Waals surface area (Å²) >= 11 is 15.3. The maximum Gasteiger partial charge on any atom is 0.262 e. The van der Waals surface area contributed by atoms with E-state index in [1.807, 2.05) is 19.1 Å². The molecule has 8 heteroatoms. The van der Waals surface area contributed by atoms with Crippen molar-refractivity contribution in [2.75, 3.05) is 32.1 Å². The van der Waals surface area contributed by atoms with Gasteiger partial charge >= 0.3 is 0 Å². The van der Waals surface area contributed by atoms with Crippen LogP contribution in [0.4, 0.5) is 5.69 Å². The van der Waals surface area contributed by atoms with Gasteiger partial charge in [-0.1, -0.05) is 29.9 Å². The molecule has 0 saturated carbocycles. The van der Waals surface area contributed by atoms with E-state index in [-0.39, 0.29) is 12.5 Å². The lowest BCUT2D eigenvalue weighted by Crippen LogP contribution is -2.34. The molecule has 1 aliphatic rings. The standard InChI is InChI=1S/C22H24BrClN2O3S/c1-14-17(24)7-6-8-18(14)25-20(27)13-29-21-16(23)11-15(12-19(21)28-2)22(30)26-9-4-3-5-10-26/h6-8,11-12H,3-5,9-10,13H2,1-2H3,(H,25,27). The third-order valence-electron chi connectivity index (χ3n) is 5.01. The Morgan fingerprint density at radius 2 is 2.00 bits per heavy atom. The van der Waals surface area contributed by atoms with E-state index >= 15 is 0 Å². The normalized spacial score (nSPS) is 13.7. The van der Waals surface area contributed by atoms with E-state index in [1.54, 1.807) is 25.3 Å². The monoisotopic (exact) mass is 510 g/mol. The average molecular weight is 512 g/mol. The van der Waals surface area contributed by atoms with Crippen molar-refractivity contribution in [2.24, 2.45) is 0 Å². The minimum Gasteiger partial charge on any atom is -0.493 e. The number of halogens is 2. The highest BCUT2D eigenvalue weighted by Crippen LogP contribution is 2.37. The molecule has 0 radical (unpaired) electrons. The zero-order valence-electron chi connectivity index (χ0n) is 17.0. The number of thiocarbonyl (C=S) groups is 1. The minimum absolute atomic E-state index is 0.170. The molecule has 0 unspecified atom stereocenters. The van der Waals surface area contributed by atoms with Crippen LogP contribution in [0.2, 0.25) is 5.02 Å². The number of nitrogens with one attached hydrogen (secondary N) is 1. The number of anilines is 1. The van der Waals surface area contributed by atoms with Crippen molar-refractivity contribution >= 4 is 56.3 Å². The summed E-state index contributed by atoms with van der Waals surface area (Å²) in [5.74, 6) is 0.688. The van der Waals surface area contributed by atoms with Gasteiger partial charge in [-0.2, -0.15) is 0 Å². The Labute approximate surface area is 195 Å². The third kappa shape index (κ3) is 5.45. The van der Waals surface area contributed by atoms with Crippen LogP contribution in [0.25, 0.3) is 0 Å². The van der Waals surface area contributed by atoms with Gasteiger partial charge in [0, 0.05) is 29.4 Å². The fourth-order valence-corrected chi connectivity index (χ4v) is 4.36. The van der Waals surface area contributed by atoms with E-state index in [4.69, 9.17) is 33.3 Å². The highest BCUT2D eigenvalue weighted by atomic mass is 79.9. The van der Waals surface area contributed by atoms with Crippen LogP contribution in [0.5, 0.6) is 11.5 Å². The van der Waals surface area contributed by atoms with E-state index in [1.165, 1.54) is 6.42 Å².